The monoisotopic (exact) mass is 241 g/mol. The Bertz CT molecular complexity index is 434. The summed E-state index contributed by atoms with van der Waals surface area (Å²) in [5.74, 6) is 0.484. The smallest absolute Gasteiger partial charge is 0.271 e. The highest BCUT2D eigenvalue weighted by atomic mass is 35.5. The van der Waals surface area contributed by atoms with Gasteiger partial charge in [0, 0.05) is 12.1 Å². The second-order valence-electron chi connectivity index (χ2n) is 4.44. The van der Waals surface area contributed by atoms with Crippen LogP contribution in [0.4, 0.5) is 5.82 Å². The van der Waals surface area contributed by atoms with E-state index < -0.39 is 0 Å². The maximum atomic E-state index is 11.4. The fourth-order valence-corrected chi connectivity index (χ4v) is 1.57. The fraction of sp³-hybridized carbons (Fsp3) is 0.455. The lowest BCUT2D eigenvalue weighted by molar-refractivity contribution is 0.517. The molecule has 0 aliphatic heterocycles. The van der Waals surface area contributed by atoms with Gasteiger partial charge in [-0.3, -0.25) is 4.79 Å². The van der Waals surface area contributed by atoms with Gasteiger partial charge in [-0.25, -0.2) is 4.98 Å². The van der Waals surface area contributed by atoms with E-state index in [1.807, 2.05) is 25.7 Å². The van der Waals surface area contributed by atoms with E-state index in [0.717, 1.165) is 0 Å². The minimum absolute atomic E-state index is 0.110. The molecule has 0 amide bonds. The zero-order valence-corrected chi connectivity index (χ0v) is 10.5. The Balaban J connectivity index is 3.26. The van der Waals surface area contributed by atoms with Crippen LogP contribution >= 0.6 is 11.6 Å². The fourth-order valence-electron chi connectivity index (χ4n) is 1.37. The number of rotatable bonds is 3. The van der Waals surface area contributed by atoms with Gasteiger partial charge in [-0.05, 0) is 20.8 Å². The second kappa shape index (κ2) is 4.70. The Morgan fingerprint density at radius 1 is 1.62 bits per heavy atom. The highest BCUT2D eigenvalue weighted by Gasteiger charge is 2.24. The van der Waals surface area contributed by atoms with E-state index in [4.69, 9.17) is 11.6 Å². The van der Waals surface area contributed by atoms with E-state index in [0.29, 0.717) is 12.4 Å². The zero-order valence-electron chi connectivity index (χ0n) is 9.75. The predicted octanol–water partition coefficient (Wildman–Crippen LogP) is 2.21. The maximum Gasteiger partial charge on any atom is 0.271 e. The molecule has 0 atom stereocenters. The Kier molecular flexibility index (Phi) is 3.75. The molecule has 4 nitrogen and oxygen atoms in total. The third-order valence-electron chi connectivity index (χ3n) is 2.16. The number of aromatic nitrogens is 2. The van der Waals surface area contributed by atoms with Crippen LogP contribution in [0.25, 0.3) is 0 Å². The largest absolute Gasteiger partial charge is 0.347 e. The van der Waals surface area contributed by atoms with Crippen LogP contribution in [0.3, 0.4) is 0 Å². The normalized spacial score (nSPS) is 11.2. The molecule has 0 aromatic carbocycles. The second-order valence-corrected chi connectivity index (χ2v) is 4.82. The summed E-state index contributed by atoms with van der Waals surface area (Å²) in [6.45, 7) is 10.3. The molecule has 88 valence electrons. The molecule has 0 bridgehead atoms. The van der Waals surface area contributed by atoms with Gasteiger partial charge in [0.05, 0.1) is 6.33 Å². The van der Waals surface area contributed by atoms with Crippen molar-refractivity contribution in [2.45, 2.75) is 26.3 Å². The molecule has 1 aromatic heterocycles. The van der Waals surface area contributed by atoms with Crippen LogP contribution in [-0.2, 0) is 0 Å². The molecule has 0 fully saturated rings. The lowest BCUT2D eigenvalue weighted by Crippen LogP contribution is -2.43. The first kappa shape index (κ1) is 12.8. The summed E-state index contributed by atoms with van der Waals surface area (Å²) < 4.78 is 0. The van der Waals surface area contributed by atoms with E-state index >= 15 is 0 Å². The van der Waals surface area contributed by atoms with Crippen molar-refractivity contribution in [2.24, 2.45) is 0 Å². The van der Waals surface area contributed by atoms with Crippen molar-refractivity contribution in [3.05, 3.63) is 34.4 Å². The molecule has 0 aliphatic carbocycles. The van der Waals surface area contributed by atoms with Gasteiger partial charge >= 0.3 is 0 Å². The number of aromatic amines is 1. The van der Waals surface area contributed by atoms with E-state index in [2.05, 4.69) is 16.5 Å². The van der Waals surface area contributed by atoms with Crippen LogP contribution in [0.1, 0.15) is 20.8 Å². The van der Waals surface area contributed by atoms with E-state index in [1.165, 1.54) is 6.33 Å². The zero-order chi connectivity index (χ0) is 12.3. The average molecular weight is 242 g/mol. The van der Waals surface area contributed by atoms with Crippen molar-refractivity contribution >= 4 is 17.4 Å². The van der Waals surface area contributed by atoms with Crippen LogP contribution in [0.2, 0.25) is 5.02 Å². The molecule has 0 unspecified atom stereocenters. The van der Waals surface area contributed by atoms with E-state index in [1.54, 1.807) is 6.08 Å². The Morgan fingerprint density at radius 2 is 2.25 bits per heavy atom. The molecule has 0 radical (unpaired) electrons. The summed E-state index contributed by atoms with van der Waals surface area (Å²) in [5.41, 5.74) is -0.511. The molecule has 1 heterocycles. The molecule has 1 rings (SSSR count). The Morgan fingerprint density at radius 3 is 2.75 bits per heavy atom. The number of H-pyrrole nitrogens is 1. The van der Waals surface area contributed by atoms with Crippen molar-refractivity contribution in [1.82, 2.24) is 9.97 Å². The van der Waals surface area contributed by atoms with Gasteiger partial charge in [-0.1, -0.05) is 17.7 Å². The summed E-state index contributed by atoms with van der Waals surface area (Å²) in [7, 11) is 0. The van der Waals surface area contributed by atoms with Gasteiger partial charge in [0.15, 0.2) is 5.82 Å². The van der Waals surface area contributed by atoms with Gasteiger partial charge in [-0.2, -0.15) is 0 Å². The van der Waals surface area contributed by atoms with Crippen molar-refractivity contribution in [3.63, 3.8) is 0 Å². The van der Waals surface area contributed by atoms with Crippen molar-refractivity contribution in [1.29, 1.82) is 0 Å². The van der Waals surface area contributed by atoms with E-state index in [-0.39, 0.29) is 16.1 Å². The number of nitrogens with zero attached hydrogens (tertiary/aromatic N) is 2. The predicted molar refractivity (Wildman–Crippen MR) is 67.2 cm³/mol. The molecule has 0 spiro atoms. The summed E-state index contributed by atoms with van der Waals surface area (Å²) in [6.07, 6.45) is 3.11. The molecule has 5 heteroatoms. The van der Waals surface area contributed by atoms with Crippen LogP contribution < -0.4 is 10.5 Å². The summed E-state index contributed by atoms with van der Waals surface area (Å²) in [5, 5.41) is 0.110. The van der Waals surface area contributed by atoms with Crippen LogP contribution in [0.5, 0.6) is 0 Å². The number of hydrogen-bond donors (Lipinski definition) is 1. The lowest BCUT2D eigenvalue weighted by Gasteiger charge is -2.36. The van der Waals surface area contributed by atoms with Crippen LogP contribution in [0, 0.1) is 0 Å². The van der Waals surface area contributed by atoms with E-state index in [9.17, 15) is 4.79 Å². The number of hydrogen-bond acceptors (Lipinski definition) is 3. The highest BCUT2D eigenvalue weighted by Crippen LogP contribution is 2.25. The molecular weight excluding hydrogens is 226 g/mol. The number of anilines is 1. The Labute approximate surface area is 100.0 Å². The molecule has 16 heavy (non-hydrogen) atoms. The third kappa shape index (κ3) is 2.64. The topological polar surface area (TPSA) is 49.0 Å². The lowest BCUT2D eigenvalue weighted by atomic mass is 10.1. The van der Waals surface area contributed by atoms with Gasteiger partial charge in [0.25, 0.3) is 5.56 Å². The van der Waals surface area contributed by atoms with Crippen molar-refractivity contribution in [2.75, 3.05) is 11.4 Å². The molecule has 1 N–H and O–H groups in total. The standard InChI is InChI=1S/C11H16ClN3O/c1-5-6-15(11(2,3)4)9-8(12)10(16)14-7-13-9/h5,7H,1,6H2,2-4H3,(H,13,14,16). The molecular formula is C11H16ClN3O. The molecule has 1 aromatic rings. The summed E-state index contributed by atoms with van der Waals surface area (Å²) in [4.78, 5) is 19.9. The molecule has 0 saturated heterocycles. The average Bonchev–Trinajstić information content (AvgIpc) is 2.18. The van der Waals surface area contributed by atoms with Gasteiger partial charge < -0.3 is 9.88 Å². The first-order valence-corrected chi connectivity index (χ1v) is 5.37. The minimum Gasteiger partial charge on any atom is -0.347 e. The third-order valence-corrected chi connectivity index (χ3v) is 2.50. The van der Waals surface area contributed by atoms with Crippen LogP contribution in [0.15, 0.2) is 23.8 Å². The summed E-state index contributed by atoms with van der Waals surface area (Å²) >= 11 is 5.95. The van der Waals surface area contributed by atoms with Gasteiger partial charge in [-0.15, -0.1) is 6.58 Å². The van der Waals surface area contributed by atoms with Gasteiger partial charge in [0.1, 0.15) is 5.02 Å². The number of nitrogens with one attached hydrogen (secondary N) is 1. The highest BCUT2D eigenvalue weighted by molar-refractivity contribution is 6.32. The quantitative estimate of drug-likeness (QED) is 0.826. The molecule has 0 saturated carbocycles. The maximum absolute atomic E-state index is 11.4. The number of halogens is 1. The van der Waals surface area contributed by atoms with Crippen molar-refractivity contribution in [3.8, 4) is 0 Å². The Hall–Kier alpha value is -1.29. The first-order chi connectivity index (χ1) is 7.38. The van der Waals surface area contributed by atoms with Crippen molar-refractivity contribution < 1.29 is 0 Å². The minimum atomic E-state index is -0.329. The van der Waals surface area contributed by atoms with Crippen LogP contribution in [-0.4, -0.2) is 22.1 Å². The molecule has 0 aliphatic rings. The first-order valence-electron chi connectivity index (χ1n) is 4.99. The van der Waals surface area contributed by atoms with Gasteiger partial charge in [0.2, 0.25) is 0 Å². The summed E-state index contributed by atoms with van der Waals surface area (Å²) in [6, 6.07) is 0. The SMILES string of the molecule is C=CCN(c1nc[nH]c(=O)c1Cl)C(C)(C)C.